The normalized spacial score (nSPS) is 17.6. The van der Waals surface area contributed by atoms with E-state index < -0.39 is 0 Å². The van der Waals surface area contributed by atoms with Crippen LogP contribution in [0, 0.1) is 6.92 Å². The minimum atomic E-state index is 0.261. The van der Waals surface area contributed by atoms with Crippen molar-refractivity contribution in [1.29, 1.82) is 0 Å². The first-order chi connectivity index (χ1) is 8.09. The Morgan fingerprint density at radius 1 is 1.41 bits per heavy atom. The summed E-state index contributed by atoms with van der Waals surface area (Å²) in [5.41, 5.74) is 10.4. The minimum Gasteiger partial charge on any atom is -0.348 e. The Balaban J connectivity index is 2.35. The van der Waals surface area contributed by atoms with Gasteiger partial charge in [0, 0.05) is 40.1 Å². The molecule has 90 valence electrons. The van der Waals surface area contributed by atoms with Crippen LogP contribution >= 0.6 is 15.9 Å². The van der Waals surface area contributed by atoms with Crippen LogP contribution in [0.4, 0.5) is 0 Å². The molecule has 0 aliphatic heterocycles. The number of benzene rings is 1. The predicted molar refractivity (Wildman–Crippen MR) is 75.3 cm³/mol. The van der Waals surface area contributed by atoms with Crippen molar-refractivity contribution >= 4 is 26.8 Å². The van der Waals surface area contributed by atoms with Crippen LogP contribution in [0.2, 0.25) is 0 Å². The zero-order chi connectivity index (χ0) is 12.2. The molecule has 1 aliphatic rings. The van der Waals surface area contributed by atoms with Crippen molar-refractivity contribution in [1.82, 2.24) is 4.57 Å². The van der Waals surface area contributed by atoms with Gasteiger partial charge in [0.1, 0.15) is 0 Å². The lowest BCUT2D eigenvalue weighted by Crippen LogP contribution is -2.20. The fourth-order valence-electron chi connectivity index (χ4n) is 2.91. The maximum absolute atomic E-state index is 5.98. The highest BCUT2D eigenvalue weighted by Crippen LogP contribution is 2.51. The number of hydrogen-bond donors (Lipinski definition) is 1. The largest absolute Gasteiger partial charge is 0.348 e. The summed E-state index contributed by atoms with van der Waals surface area (Å²) in [4.78, 5) is 0. The Labute approximate surface area is 110 Å². The molecule has 0 amide bonds. The van der Waals surface area contributed by atoms with Gasteiger partial charge in [-0.3, -0.25) is 0 Å². The molecule has 1 saturated carbocycles. The molecule has 1 fully saturated rings. The lowest BCUT2D eigenvalue weighted by Gasteiger charge is -2.13. The highest BCUT2D eigenvalue weighted by atomic mass is 79.9. The summed E-state index contributed by atoms with van der Waals surface area (Å²) in [6.07, 6.45) is 2.47. The number of rotatable bonds is 2. The molecule has 0 radical (unpaired) electrons. The summed E-state index contributed by atoms with van der Waals surface area (Å²) in [6.45, 7) is 2.97. The predicted octanol–water partition coefficient (Wildman–Crippen LogP) is 3.24. The Hall–Kier alpha value is -0.800. The van der Waals surface area contributed by atoms with Gasteiger partial charge < -0.3 is 10.3 Å². The summed E-state index contributed by atoms with van der Waals surface area (Å²) in [5.74, 6) is 0. The average molecular weight is 293 g/mol. The van der Waals surface area contributed by atoms with E-state index in [-0.39, 0.29) is 5.41 Å². The van der Waals surface area contributed by atoms with E-state index in [9.17, 15) is 0 Å². The van der Waals surface area contributed by atoms with Crippen molar-refractivity contribution in [3.8, 4) is 0 Å². The second-order valence-electron chi connectivity index (χ2n) is 5.17. The number of aryl methyl sites for hydroxylation is 1. The highest BCUT2D eigenvalue weighted by Gasteiger charge is 2.45. The Bertz CT molecular complexity index is 594. The molecule has 0 spiro atoms. The number of nitrogens with two attached hydrogens (primary N) is 1. The van der Waals surface area contributed by atoms with Gasteiger partial charge >= 0.3 is 0 Å². The van der Waals surface area contributed by atoms with Gasteiger partial charge in [-0.25, -0.2) is 0 Å². The van der Waals surface area contributed by atoms with Crippen molar-refractivity contribution in [2.75, 3.05) is 6.54 Å². The molecule has 3 heteroatoms. The topological polar surface area (TPSA) is 30.9 Å². The second kappa shape index (κ2) is 3.59. The fraction of sp³-hybridized carbons (Fsp3) is 0.429. The summed E-state index contributed by atoms with van der Waals surface area (Å²) in [6, 6.07) is 6.54. The first-order valence-electron chi connectivity index (χ1n) is 6.04. The van der Waals surface area contributed by atoms with Crippen LogP contribution in [-0.4, -0.2) is 11.1 Å². The van der Waals surface area contributed by atoms with Crippen LogP contribution in [0.1, 0.15) is 24.1 Å². The second-order valence-corrected chi connectivity index (χ2v) is 6.08. The van der Waals surface area contributed by atoms with Crippen molar-refractivity contribution in [2.45, 2.75) is 25.2 Å². The van der Waals surface area contributed by atoms with E-state index in [2.05, 4.69) is 52.7 Å². The zero-order valence-electron chi connectivity index (χ0n) is 10.3. The van der Waals surface area contributed by atoms with E-state index in [1.54, 1.807) is 0 Å². The molecule has 17 heavy (non-hydrogen) atoms. The van der Waals surface area contributed by atoms with E-state index in [0.717, 1.165) is 11.0 Å². The van der Waals surface area contributed by atoms with Crippen LogP contribution < -0.4 is 5.73 Å². The van der Waals surface area contributed by atoms with Crippen molar-refractivity contribution in [2.24, 2.45) is 12.8 Å². The number of nitrogens with zero attached hydrogens (tertiary/aromatic N) is 1. The zero-order valence-corrected chi connectivity index (χ0v) is 11.8. The van der Waals surface area contributed by atoms with E-state index in [4.69, 9.17) is 5.73 Å². The van der Waals surface area contributed by atoms with Crippen LogP contribution in [0.3, 0.4) is 0 Å². The third kappa shape index (κ3) is 1.49. The summed E-state index contributed by atoms with van der Waals surface area (Å²) >= 11 is 3.55. The Kier molecular flexibility index (Phi) is 2.39. The molecule has 0 saturated heterocycles. The quantitative estimate of drug-likeness (QED) is 0.905. The van der Waals surface area contributed by atoms with E-state index in [1.165, 1.54) is 35.0 Å². The molecule has 0 atom stereocenters. The molecule has 1 heterocycles. The molecule has 0 unspecified atom stereocenters. The molecular weight excluding hydrogens is 276 g/mol. The maximum Gasteiger partial charge on any atom is 0.0494 e. The van der Waals surface area contributed by atoms with Gasteiger partial charge in [-0.2, -0.15) is 0 Å². The van der Waals surface area contributed by atoms with Crippen LogP contribution in [0.5, 0.6) is 0 Å². The van der Waals surface area contributed by atoms with Gasteiger partial charge in [-0.05, 0) is 37.5 Å². The molecule has 3 rings (SSSR count). The Morgan fingerprint density at radius 3 is 2.71 bits per heavy atom. The average Bonchev–Trinajstić information content (AvgIpc) is 3.06. The van der Waals surface area contributed by atoms with Gasteiger partial charge in [0.05, 0.1) is 0 Å². The van der Waals surface area contributed by atoms with E-state index in [0.29, 0.717) is 0 Å². The van der Waals surface area contributed by atoms with Gasteiger partial charge in [0.2, 0.25) is 0 Å². The van der Waals surface area contributed by atoms with Crippen LogP contribution in [0.25, 0.3) is 10.9 Å². The number of fused-ring (bicyclic) bond motifs is 1. The fourth-order valence-corrected chi connectivity index (χ4v) is 3.26. The molecule has 2 aromatic rings. The van der Waals surface area contributed by atoms with Gasteiger partial charge in [-0.15, -0.1) is 0 Å². The number of halogens is 1. The molecule has 1 aromatic heterocycles. The van der Waals surface area contributed by atoms with Crippen molar-refractivity contribution in [3.63, 3.8) is 0 Å². The molecular formula is C14H17BrN2. The van der Waals surface area contributed by atoms with E-state index in [1.807, 2.05) is 0 Å². The summed E-state index contributed by atoms with van der Waals surface area (Å²) in [5, 5.41) is 1.37. The molecule has 1 aromatic carbocycles. The standard InChI is InChI=1S/C14H17BrN2/c1-9-13(14(8-16)5-6-14)11-4-3-10(15)7-12(11)17(9)2/h3-4,7H,5-6,8,16H2,1-2H3. The molecule has 0 bridgehead atoms. The maximum atomic E-state index is 5.98. The van der Waals surface area contributed by atoms with Crippen molar-refractivity contribution < 1.29 is 0 Å². The summed E-state index contributed by atoms with van der Waals surface area (Å²) in [7, 11) is 2.14. The van der Waals surface area contributed by atoms with Crippen LogP contribution in [-0.2, 0) is 12.5 Å². The lowest BCUT2D eigenvalue weighted by molar-refractivity contribution is 0.697. The molecule has 2 N–H and O–H groups in total. The van der Waals surface area contributed by atoms with Gasteiger partial charge in [0.25, 0.3) is 0 Å². The molecule has 2 nitrogen and oxygen atoms in total. The van der Waals surface area contributed by atoms with Crippen molar-refractivity contribution in [3.05, 3.63) is 33.9 Å². The monoisotopic (exact) mass is 292 g/mol. The number of aromatic nitrogens is 1. The Morgan fingerprint density at radius 2 is 2.12 bits per heavy atom. The summed E-state index contributed by atoms with van der Waals surface area (Å²) < 4.78 is 3.42. The third-order valence-electron chi connectivity index (χ3n) is 4.23. The van der Waals surface area contributed by atoms with Crippen LogP contribution in [0.15, 0.2) is 22.7 Å². The third-order valence-corrected chi connectivity index (χ3v) is 4.72. The van der Waals surface area contributed by atoms with E-state index >= 15 is 0 Å². The minimum absolute atomic E-state index is 0.261. The molecule has 1 aliphatic carbocycles. The van der Waals surface area contributed by atoms with Gasteiger partial charge in [-0.1, -0.05) is 22.0 Å². The smallest absolute Gasteiger partial charge is 0.0494 e. The first-order valence-corrected chi connectivity index (χ1v) is 6.83. The lowest BCUT2D eigenvalue weighted by atomic mass is 9.93. The SMILES string of the molecule is Cc1c(C2(CN)CC2)c2ccc(Br)cc2n1C. The number of hydrogen-bond acceptors (Lipinski definition) is 1. The van der Waals surface area contributed by atoms with Gasteiger partial charge in [0.15, 0.2) is 0 Å². The highest BCUT2D eigenvalue weighted by molar-refractivity contribution is 9.10. The first kappa shape index (κ1) is 11.3.